The van der Waals surface area contributed by atoms with Gasteiger partial charge in [-0.15, -0.1) is 0 Å². The Hall–Kier alpha value is -3.50. The fourth-order valence-corrected chi connectivity index (χ4v) is 4.64. The van der Waals surface area contributed by atoms with Gasteiger partial charge in [-0.2, -0.15) is 0 Å². The number of benzene rings is 2. The fourth-order valence-electron chi connectivity index (χ4n) is 4.02. The Bertz CT molecular complexity index is 1220. The van der Waals surface area contributed by atoms with E-state index < -0.39 is 17.7 Å². The molecule has 0 bridgehead atoms. The standard InChI is InChI=1S/C27H33Cl2N5O5/c1-16(35)31-23-20(28)13-17(14-21(23)29)15-30-25(33-26(37)39-27(2,3)4)32-24(36)22-7-6-12-34(22)18-8-10-19(38-5)11-9-18/h8-11,13-14,22H,6-7,12,15H2,1-5H3,(H,31,35)(H2,30,32,33,36,37). The average Bonchev–Trinajstić information content (AvgIpc) is 3.34. The fraction of sp³-hybridized carbons (Fsp3) is 0.407. The van der Waals surface area contributed by atoms with Crippen LogP contribution in [0.25, 0.3) is 0 Å². The predicted octanol–water partition coefficient (Wildman–Crippen LogP) is 5.13. The zero-order valence-corrected chi connectivity index (χ0v) is 24.1. The Kier molecular flexibility index (Phi) is 10.0. The molecule has 0 spiro atoms. The third-order valence-electron chi connectivity index (χ3n) is 5.64. The molecule has 2 aromatic carbocycles. The Morgan fingerprint density at radius 2 is 1.72 bits per heavy atom. The van der Waals surface area contributed by atoms with Crippen LogP contribution in [0.3, 0.4) is 0 Å². The first-order chi connectivity index (χ1) is 18.4. The maximum Gasteiger partial charge on any atom is 0.414 e. The van der Waals surface area contributed by atoms with Crippen LogP contribution in [0.4, 0.5) is 16.2 Å². The van der Waals surface area contributed by atoms with Crippen molar-refractivity contribution in [3.8, 4) is 5.75 Å². The van der Waals surface area contributed by atoms with E-state index in [1.807, 2.05) is 29.2 Å². The van der Waals surface area contributed by atoms with Crippen LogP contribution >= 0.6 is 23.2 Å². The molecule has 3 amide bonds. The molecule has 210 valence electrons. The number of anilines is 2. The average molecular weight is 578 g/mol. The topological polar surface area (TPSA) is 121 Å². The van der Waals surface area contributed by atoms with Gasteiger partial charge in [0.2, 0.25) is 17.8 Å². The molecular weight excluding hydrogens is 545 g/mol. The third kappa shape index (κ3) is 8.76. The normalized spacial score (nSPS) is 15.5. The van der Waals surface area contributed by atoms with E-state index in [-0.39, 0.29) is 34.4 Å². The molecule has 1 aliphatic rings. The molecule has 0 saturated carbocycles. The summed E-state index contributed by atoms with van der Waals surface area (Å²) in [6.45, 7) is 7.27. The lowest BCUT2D eigenvalue weighted by molar-refractivity contribution is -0.120. The molecule has 0 aliphatic carbocycles. The van der Waals surface area contributed by atoms with Crippen LogP contribution in [-0.2, 0) is 20.9 Å². The molecule has 1 fully saturated rings. The minimum atomic E-state index is -0.767. The second-order valence-corrected chi connectivity index (χ2v) is 10.8. The number of rotatable bonds is 6. The highest BCUT2D eigenvalue weighted by molar-refractivity contribution is 6.39. The maximum absolute atomic E-state index is 13.4. The number of nitrogens with one attached hydrogen (secondary N) is 3. The van der Waals surface area contributed by atoms with E-state index in [4.69, 9.17) is 32.7 Å². The van der Waals surface area contributed by atoms with E-state index in [0.29, 0.717) is 24.2 Å². The first kappa shape index (κ1) is 30.0. The summed E-state index contributed by atoms with van der Waals surface area (Å²) in [6.07, 6.45) is 0.693. The van der Waals surface area contributed by atoms with Gasteiger partial charge in [0.1, 0.15) is 17.4 Å². The molecule has 1 atom stereocenters. The lowest BCUT2D eigenvalue weighted by Crippen LogP contribution is -2.51. The van der Waals surface area contributed by atoms with Crippen LogP contribution in [0.5, 0.6) is 5.75 Å². The van der Waals surface area contributed by atoms with Crippen molar-refractivity contribution in [3.63, 3.8) is 0 Å². The number of aliphatic imine (C=N–C) groups is 1. The number of alkyl carbamates (subject to hydrolysis) is 1. The highest BCUT2D eigenvalue weighted by Gasteiger charge is 2.32. The molecule has 2 aromatic rings. The van der Waals surface area contributed by atoms with Crippen LogP contribution in [0.1, 0.15) is 46.1 Å². The first-order valence-electron chi connectivity index (χ1n) is 12.4. The second-order valence-electron chi connectivity index (χ2n) is 9.95. The minimum Gasteiger partial charge on any atom is -0.497 e. The van der Waals surface area contributed by atoms with E-state index in [9.17, 15) is 14.4 Å². The van der Waals surface area contributed by atoms with Gasteiger partial charge in [-0.3, -0.25) is 20.2 Å². The molecule has 1 unspecified atom stereocenters. The predicted molar refractivity (Wildman–Crippen MR) is 153 cm³/mol. The molecule has 3 N–H and O–H groups in total. The highest BCUT2D eigenvalue weighted by atomic mass is 35.5. The van der Waals surface area contributed by atoms with Gasteiger partial charge in [0.15, 0.2) is 0 Å². The van der Waals surface area contributed by atoms with Crippen LogP contribution < -0.4 is 25.6 Å². The van der Waals surface area contributed by atoms with Gasteiger partial charge >= 0.3 is 6.09 Å². The van der Waals surface area contributed by atoms with Crippen molar-refractivity contribution in [1.29, 1.82) is 0 Å². The van der Waals surface area contributed by atoms with Crippen molar-refractivity contribution >= 4 is 58.4 Å². The van der Waals surface area contributed by atoms with Crippen molar-refractivity contribution in [1.82, 2.24) is 10.6 Å². The number of hydrogen-bond donors (Lipinski definition) is 3. The van der Waals surface area contributed by atoms with Crippen LogP contribution in [0.15, 0.2) is 41.4 Å². The Balaban J connectivity index is 1.81. The number of amides is 3. The van der Waals surface area contributed by atoms with Crippen molar-refractivity contribution in [3.05, 3.63) is 52.0 Å². The lowest BCUT2D eigenvalue weighted by Gasteiger charge is -2.26. The summed E-state index contributed by atoms with van der Waals surface area (Å²) >= 11 is 12.6. The summed E-state index contributed by atoms with van der Waals surface area (Å²) in [7, 11) is 1.60. The summed E-state index contributed by atoms with van der Waals surface area (Å²) in [5, 5.41) is 8.32. The van der Waals surface area contributed by atoms with Crippen LogP contribution in [0.2, 0.25) is 10.0 Å². The molecule has 1 saturated heterocycles. The first-order valence-corrected chi connectivity index (χ1v) is 13.1. The van der Waals surface area contributed by atoms with E-state index in [2.05, 4.69) is 20.9 Å². The molecule has 0 radical (unpaired) electrons. The number of guanidine groups is 1. The summed E-state index contributed by atoms with van der Waals surface area (Å²) in [5.74, 6) is 0.0104. The zero-order chi connectivity index (χ0) is 28.7. The number of halogens is 2. The van der Waals surface area contributed by atoms with Gasteiger partial charge in [-0.05, 0) is 75.6 Å². The second kappa shape index (κ2) is 13.0. The smallest absolute Gasteiger partial charge is 0.414 e. The van der Waals surface area contributed by atoms with Gasteiger partial charge in [0.25, 0.3) is 0 Å². The van der Waals surface area contributed by atoms with E-state index >= 15 is 0 Å². The molecule has 1 aliphatic heterocycles. The monoisotopic (exact) mass is 577 g/mol. The van der Waals surface area contributed by atoms with Gasteiger partial charge in [0.05, 0.1) is 29.4 Å². The Morgan fingerprint density at radius 3 is 2.28 bits per heavy atom. The van der Waals surface area contributed by atoms with Gasteiger partial charge < -0.3 is 19.7 Å². The third-order valence-corrected chi connectivity index (χ3v) is 6.24. The van der Waals surface area contributed by atoms with Gasteiger partial charge in [-0.25, -0.2) is 9.79 Å². The number of methoxy groups -OCH3 is 1. The maximum atomic E-state index is 13.4. The quantitative estimate of drug-likeness (QED) is 0.323. The number of nitrogens with zero attached hydrogens (tertiary/aromatic N) is 2. The highest BCUT2D eigenvalue weighted by Crippen LogP contribution is 2.32. The number of ether oxygens (including phenoxy) is 2. The van der Waals surface area contributed by atoms with Crippen molar-refractivity contribution < 1.29 is 23.9 Å². The Morgan fingerprint density at radius 1 is 1.08 bits per heavy atom. The van der Waals surface area contributed by atoms with E-state index in [0.717, 1.165) is 17.9 Å². The summed E-state index contributed by atoms with van der Waals surface area (Å²) < 4.78 is 10.6. The van der Waals surface area contributed by atoms with Crippen molar-refractivity contribution in [2.75, 3.05) is 23.9 Å². The molecule has 0 aromatic heterocycles. The summed E-state index contributed by atoms with van der Waals surface area (Å²) in [4.78, 5) is 43.7. The van der Waals surface area contributed by atoms with Crippen LogP contribution in [0, 0.1) is 0 Å². The molecule has 12 heteroatoms. The van der Waals surface area contributed by atoms with Crippen LogP contribution in [-0.4, -0.2) is 49.2 Å². The van der Waals surface area contributed by atoms with E-state index in [1.165, 1.54) is 6.92 Å². The molecule has 1 heterocycles. The largest absolute Gasteiger partial charge is 0.497 e. The Labute approximate surface area is 238 Å². The van der Waals surface area contributed by atoms with Gasteiger partial charge in [-0.1, -0.05) is 23.2 Å². The molecular formula is C27H33Cl2N5O5. The van der Waals surface area contributed by atoms with E-state index in [1.54, 1.807) is 40.0 Å². The molecule has 3 rings (SSSR count). The van der Waals surface area contributed by atoms with Gasteiger partial charge in [0, 0.05) is 19.2 Å². The number of carbonyl (C=O) groups excluding carboxylic acids is 3. The van der Waals surface area contributed by atoms with Crippen molar-refractivity contribution in [2.45, 2.75) is 58.7 Å². The lowest BCUT2D eigenvalue weighted by atomic mass is 10.2. The zero-order valence-electron chi connectivity index (χ0n) is 22.6. The molecule has 39 heavy (non-hydrogen) atoms. The van der Waals surface area contributed by atoms with Crippen molar-refractivity contribution in [2.24, 2.45) is 4.99 Å². The summed E-state index contributed by atoms with van der Waals surface area (Å²) in [5.41, 5.74) is 1.02. The number of carbonyl (C=O) groups is 3. The SMILES string of the molecule is COc1ccc(N2CCCC2C(=O)NC(=NCc2cc(Cl)c(NC(C)=O)c(Cl)c2)NC(=O)OC(C)(C)C)cc1. The summed E-state index contributed by atoms with van der Waals surface area (Å²) in [6, 6.07) is 10.2. The number of hydrogen-bond acceptors (Lipinski definition) is 7. The minimum absolute atomic E-state index is 0.0259. The molecule has 10 nitrogen and oxygen atoms in total.